The lowest BCUT2D eigenvalue weighted by molar-refractivity contribution is -0.358. The summed E-state index contributed by atoms with van der Waals surface area (Å²) in [5, 5.41) is 138. The van der Waals surface area contributed by atoms with Crippen molar-refractivity contribution in [2.75, 3.05) is 26.9 Å². The first-order chi connectivity index (χ1) is 37.2. The predicted octanol–water partition coefficient (Wildman–Crippen LogP) is -1.05. The summed E-state index contributed by atoms with van der Waals surface area (Å²) in [4.78, 5) is 38.9. The molecular weight excluding hydrogens is 1040 g/mol. The van der Waals surface area contributed by atoms with Crippen LogP contribution in [-0.2, 0) is 38.0 Å². The summed E-state index contributed by atoms with van der Waals surface area (Å²) in [5.74, 6) is -4.29. The van der Waals surface area contributed by atoms with Gasteiger partial charge >= 0.3 is 11.9 Å². The molecule has 3 aromatic carbocycles. The second kappa shape index (κ2) is 24.5. The van der Waals surface area contributed by atoms with Crippen LogP contribution in [0.25, 0.3) is 34.8 Å². The molecule has 0 amide bonds. The van der Waals surface area contributed by atoms with Gasteiger partial charge in [0.2, 0.25) is 12.6 Å². The topological polar surface area (TPSA) is 410 Å². The molecule has 4 aliphatic heterocycles. The van der Waals surface area contributed by atoms with E-state index < -0.39 is 141 Å². The maximum Gasteiger partial charge on any atom is 0.330 e. The van der Waals surface area contributed by atoms with E-state index in [9.17, 15) is 80.8 Å². The van der Waals surface area contributed by atoms with E-state index in [2.05, 4.69) is 0 Å². The zero-order chi connectivity index (χ0) is 56.1. The Morgan fingerprint density at radius 3 is 1.72 bits per heavy atom. The van der Waals surface area contributed by atoms with Crippen LogP contribution in [0.3, 0.4) is 0 Å². The molecule has 4 heterocycles. The molecular formula is C52H54O26. The first kappa shape index (κ1) is 56.8. The van der Waals surface area contributed by atoms with Gasteiger partial charge in [0.1, 0.15) is 97.6 Å². The van der Waals surface area contributed by atoms with Crippen LogP contribution in [0.5, 0.6) is 40.2 Å². The molecule has 0 saturated carbocycles. The molecule has 0 radical (unpaired) electrons. The Labute approximate surface area is 440 Å². The van der Waals surface area contributed by atoms with Crippen molar-refractivity contribution in [3.8, 4) is 62.9 Å². The molecule has 26 heteroatoms. The Morgan fingerprint density at radius 2 is 1.10 bits per heavy atom. The molecule has 13 N–H and O–H groups in total. The maximum absolute atomic E-state index is 13.1. The van der Waals surface area contributed by atoms with Gasteiger partial charge in [-0.15, -0.1) is 0 Å². The maximum atomic E-state index is 13.1. The Bertz CT molecular complexity index is 2980. The van der Waals surface area contributed by atoms with Gasteiger partial charge in [-0.1, -0.05) is 12.1 Å². The molecule has 0 bridgehead atoms. The van der Waals surface area contributed by atoms with Crippen molar-refractivity contribution in [1.82, 2.24) is 0 Å². The van der Waals surface area contributed by atoms with Crippen LogP contribution in [0.1, 0.15) is 11.1 Å². The monoisotopic (exact) mass is 1090 g/mol. The lowest BCUT2D eigenvalue weighted by Gasteiger charge is -2.46. The smallest absolute Gasteiger partial charge is 0.330 e. The summed E-state index contributed by atoms with van der Waals surface area (Å²) in [5.41, 5.74) is 0.0147. The number of esters is 2. The van der Waals surface area contributed by atoms with E-state index in [0.29, 0.717) is 5.56 Å². The van der Waals surface area contributed by atoms with E-state index in [1.807, 2.05) is 0 Å². The van der Waals surface area contributed by atoms with Crippen LogP contribution in [0, 0.1) is 0 Å². The molecule has 1 aliphatic carbocycles. The van der Waals surface area contributed by atoms with Gasteiger partial charge in [-0.3, -0.25) is 4.79 Å². The minimum atomic E-state index is -2.15. The summed E-state index contributed by atoms with van der Waals surface area (Å²) in [7, 11) is 1.33. The second-order valence-corrected chi connectivity index (χ2v) is 18.0. The highest BCUT2D eigenvalue weighted by Crippen LogP contribution is 2.44. The number of carbonyl (C=O) groups is 2. The number of benzene rings is 4. The van der Waals surface area contributed by atoms with Gasteiger partial charge in [0.05, 0.1) is 19.3 Å². The van der Waals surface area contributed by atoms with E-state index in [1.54, 1.807) is 0 Å². The van der Waals surface area contributed by atoms with Crippen molar-refractivity contribution in [3.05, 3.63) is 112 Å². The molecule has 0 aromatic heterocycles. The first-order valence-corrected chi connectivity index (χ1v) is 23.7. The zero-order valence-electron chi connectivity index (χ0n) is 40.7. The SMILES string of the molecule is COc1cc(C=CC(=O)OC[C@H]2O[C@@H](O[C@H]3[C@H](Oc4cc5c(O[C@@H]6O[C@H](CO)[C@@H](O)[C@H](O)[C@H]6O)cc(=O)cc-5oc4-c4ccc(O)cc4)O[C@H](COC(=O)C=Cc4ccc(O)c(O)c4)[C@@H](O)[C@@H]3O)[C@H](O)[C@@H](O)[C@@H]2O)ccc1O. The summed E-state index contributed by atoms with van der Waals surface area (Å²) in [6.07, 6.45) is -24.1. The van der Waals surface area contributed by atoms with E-state index in [1.165, 1.54) is 79.9 Å². The number of carbonyl (C=O) groups excluding carboxylic acids is 2. The molecule has 78 heavy (non-hydrogen) atoms. The molecule has 15 atom stereocenters. The Kier molecular flexibility index (Phi) is 17.8. The van der Waals surface area contributed by atoms with Crippen molar-refractivity contribution < 1.29 is 123 Å². The number of fused-ring (bicyclic) bond motifs is 1. The van der Waals surface area contributed by atoms with Crippen molar-refractivity contribution in [3.63, 3.8) is 0 Å². The Balaban J connectivity index is 1.11. The van der Waals surface area contributed by atoms with E-state index in [0.717, 1.165) is 30.4 Å². The van der Waals surface area contributed by atoms with Crippen molar-refractivity contribution in [2.45, 2.75) is 92.1 Å². The predicted molar refractivity (Wildman–Crippen MR) is 260 cm³/mol. The average Bonchev–Trinajstić information content (AvgIpc) is 3.51. The molecule has 3 fully saturated rings. The Hall–Kier alpha value is -7.41. The number of methoxy groups -OCH3 is 1. The number of hydrogen-bond acceptors (Lipinski definition) is 26. The lowest BCUT2D eigenvalue weighted by Crippen LogP contribution is -2.65. The van der Waals surface area contributed by atoms with Crippen LogP contribution in [0.4, 0.5) is 0 Å². The number of ether oxygens (including phenoxy) is 9. The molecule has 3 aromatic rings. The summed E-state index contributed by atoms with van der Waals surface area (Å²) in [6.45, 7) is -2.39. The van der Waals surface area contributed by atoms with Gasteiger partial charge in [0, 0.05) is 29.8 Å². The van der Waals surface area contributed by atoms with Crippen LogP contribution >= 0.6 is 0 Å². The second-order valence-electron chi connectivity index (χ2n) is 18.0. The van der Waals surface area contributed by atoms with E-state index in [-0.39, 0.29) is 57.0 Å². The fraction of sp³-hybridized carbons (Fsp3) is 0.365. The summed E-state index contributed by atoms with van der Waals surface area (Å²) >= 11 is 0. The van der Waals surface area contributed by atoms with E-state index in [4.69, 9.17) is 47.0 Å². The third kappa shape index (κ3) is 12.8. The first-order valence-electron chi connectivity index (χ1n) is 23.7. The third-order valence-electron chi connectivity index (χ3n) is 12.7. The number of rotatable bonds is 17. The highest BCUT2D eigenvalue weighted by Gasteiger charge is 2.52. The number of phenolic OH excluding ortho intramolecular Hbond substituents is 4. The summed E-state index contributed by atoms with van der Waals surface area (Å²) in [6, 6.07) is 16.4. The van der Waals surface area contributed by atoms with Gasteiger partial charge in [-0.05, 0) is 77.9 Å². The van der Waals surface area contributed by atoms with Crippen LogP contribution in [0.2, 0.25) is 0 Å². The number of phenols is 4. The van der Waals surface area contributed by atoms with E-state index >= 15 is 0 Å². The quantitative estimate of drug-likeness (QED) is 0.0300. The normalized spacial score (nSPS) is 29.3. The molecule has 8 rings (SSSR count). The van der Waals surface area contributed by atoms with Crippen molar-refractivity contribution >= 4 is 24.1 Å². The zero-order valence-corrected chi connectivity index (χ0v) is 40.7. The number of aliphatic hydroxyl groups excluding tert-OH is 9. The third-order valence-corrected chi connectivity index (χ3v) is 12.7. The van der Waals surface area contributed by atoms with Crippen molar-refractivity contribution in [1.29, 1.82) is 0 Å². The van der Waals surface area contributed by atoms with Gasteiger partial charge < -0.3 is 113 Å². The summed E-state index contributed by atoms with van der Waals surface area (Å²) < 4.78 is 57.7. The highest BCUT2D eigenvalue weighted by molar-refractivity contribution is 5.88. The molecule has 0 unspecified atom stereocenters. The van der Waals surface area contributed by atoms with Gasteiger partial charge in [-0.25, -0.2) is 9.59 Å². The Morgan fingerprint density at radius 1 is 0.551 bits per heavy atom. The minimum Gasteiger partial charge on any atom is -0.508 e. The molecule has 3 saturated heterocycles. The number of aromatic hydroxyl groups is 4. The van der Waals surface area contributed by atoms with Crippen LogP contribution in [0.15, 0.2) is 100 Å². The molecule has 5 aliphatic rings. The fourth-order valence-corrected chi connectivity index (χ4v) is 8.37. The van der Waals surface area contributed by atoms with Gasteiger partial charge in [0.25, 0.3) is 0 Å². The largest absolute Gasteiger partial charge is 0.508 e. The number of aliphatic hydroxyl groups is 9. The van der Waals surface area contributed by atoms with Gasteiger partial charge in [0.15, 0.2) is 52.3 Å². The van der Waals surface area contributed by atoms with Crippen LogP contribution in [-0.4, -0.2) is 197 Å². The highest BCUT2D eigenvalue weighted by atomic mass is 16.8. The molecule has 418 valence electrons. The van der Waals surface area contributed by atoms with Gasteiger partial charge in [-0.2, -0.15) is 0 Å². The van der Waals surface area contributed by atoms with Crippen molar-refractivity contribution in [2.24, 2.45) is 0 Å². The lowest BCUT2D eigenvalue weighted by atomic mass is 9.97. The van der Waals surface area contributed by atoms with Crippen LogP contribution < -0.4 is 19.6 Å². The minimum absolute atomic E-state index is 0.115. The molecule has 0 spiro atoms. The number of hydrogen-bond donors (Lipinski definition) is 13. The molecule has 26 nitrogen and oxygen atoms in total. The fourth-order valence-electron chi connectivity index (χ4n) is 8.37. The average molecular weight is 1090 g/mol. The standard InChI is InChI=1S/C52H54O26/c1-69-33-15-23(3-11-29(33)57)5-13-39(60)70-20-36-41(62)44(65)47(68)51(76-36)78-49-45(66)42(63)37(21-71-38(59)12-4-22-2-10-28(56)30(58)14-22)77-52(49)74-34-18-27-31(72-48(34)24-6-8-25(54)9-7-24)16-26(55)17-32(27)73-50-46(67)43(64)40(61)35(19-53)75-50/h2-18,35-37,40-47,49-54,56-58,61-68H,19-21H2,1H3/t35-,36-,37-,40-,41-,42-,43+,44+,45+,46-,47-,49-,50-,51+,52-/m1/s1.